The molecule has 1 saturated heterocycles. The average molecular weight is 318 g/mol. The topological polar surface area (TPSA) is 21.3 Å². The molecule has 1 spiro atoms. The van der Waals surface area contributed by atoms with Crippen molar-refractivity contribution in [1.82, 2.24) is 5.32 Å². The summed E-state index contributed by atoms with van der Waals surface area (Å²) >= 11 is 3.47. The smallest absolute Gasteiger partial charge is 0.0708 e. The van der Waals surface area contributed by atoms with E-state index in [1.165, 1.54) is 64.2 Å². The normalized spacial score (nSPS) is 26.2. The fourth-order valence-electron chi connectivity index (χ4n) is 3.39. The van der Waals surface area contributed by atoms with Crippen molar-refractivity contribution in [3.05, 3.63) is 0 Å². The first kappa shape index (κ1) is 14.8. The predicted octanol–water partition coefficient (Wildman–Crippen LogP) is 4.02. The minimum absolute atomic E-state index is 0.308. The molecule has 1 aliphatic heterocycles. The van der Waals surface area contributed by atoms with Crippen molar-refractivity contribution >= 4 is 15.9 Å². The second kappa shape index (κ2) is 7.86. The maximum atomic E-state index is 6.29. The molecule has 1 heterocycles. The minimum Gasteiger partial charge on any atom is -0.370 e. The zero-order chi connectivity index (χ0) is 12.7. The lowest BCUT2D eigenvalue weighted by molar-refractivity contribution is -0.0350. The van der Waals surface area contributed by atoms with Crippen LogP contribution in [0.15, 0.2) is 0 Å². The molecular formula is C15H28BrNO. The van der Waals surface area contributed by atoms with E-state index < -0.39 is 0 Å². The Morgan fingerprint density at radius 3 is 2.61 bits per heavy atom. The molecule has 1 atom stereocenters. The van der Waals surface area contributed by atoms with Crippen molar-refractivity contribution in [2.24, 2.45) is 0 Å². The molecular weight excluding hydrogens is 290 g/mol. The second-order valence-electron chi connectivity index (χ2n) is 5.98. The van der Waals surface area contributed by atoms with E-state index >= 15 is 0 Å². The maximum absolute atomic E-state index is 6.29. The summed E-state index contributed by atoms with van der Waals surface area (Å²) in [6, 6.07) is 0. The van der Waals surface area contributed by atoms with Crippen LogP contribution in [0.2, 0.25) is 0 Å². The third-order valence-corrected chi connectivity index (χ3v) is 5.02. The van der Waals surface area contributed by atoms with Crippen LogP contribution in [0.5, 0.6) is 0 Å². The van der Waals surface area contributed by atoms with E-state index in [1.54, 1.807) is 0 Å². The average Bonchev–Trinajstić information content (AvgIpc) is 3.00. The van der Waals surface area contributed by atoms with Crippen LogP contribution in [0.4, 0.5) is 0 Å². The van der Waals surface area contributed by atoms with Crippen LogP contribution in [-0.2, 0) is 4.74 Å². The number of alkyl halides is 1. The van der Waals surface area contributed by atoms with Gasteiger partial charge < -0.3 is 10.1 Å². The highest BCUT2D eigenvalue weighted by atomic mass is 79.9. The van der Waals surface area contributed by atoms with E-state index in [0.29, 0.717) is 11.7 Å². The molecule has 1 aliphatic carbocycles. The van der Waals surface area contributed by atoms with Gasteiger partial charge in [0.2, 0.25) is 0 Å². The fourth-order valence-corrected chi connectivity index (χ4v) is 3.78. The first-order chi connectivity index (χ1) is 8.85. The molecule has 1 unspecified atom stereocenters. The van der Waals surface area contributed by atoms with E-state index in [4.69, 9.17) is 4.74 Å². The minimum atomic E-state index is 0.308. The number of halogens is 1. The van der Waals surface area contributed by atoms with Gasteiger partial charge in [-0.3, -0.25) is 0 Å². The molecule has 0 aromatic heterocycles. The third-order valence-electron chi connectivity index (χ3n) is 4.46. The van der Waals surface area contributed by atoms with Crippen LogP contribution in [0, 0.1) is 0 Å². The summed E-state index contributed by atoms with van der Waals surface area (Å²) in [6.07, 6.45) is 13.8. The van der Waals surface area contributed by atoms with Crippen molar-refractivity contribution in [3.8, 4) is 0 Å². The van der Waals surface area contributed by atoms with Gasteiger partial charge in [0.15, 0.2) is 0 Å². The Morgan fingerprint density at radius 2 is 1.83 bits per heavy atom. The Balaban J connectivity index is 1.48. The highest BCUT2D eigenvalue weighted by Gasteiger charge is 2.41. The molecule has 3 heteroatoms. The Bertz CT molecular complexity index is 229. The predicted molar refractivity (Wildman–Crippen MR) is 80.4 cm³/mol. The van der Waals surface area contributed by atoms with Gasteiger partial charge >= 0.3 is 0 Å². The Hall–Kier alpha value is 0.400. The lowest BCUT2D eigenvalue weighted by Crippen LogP contribution is -2.31. The van der Waals surface area contributed by atoms with Gasteiger partial charge in [-0.25, -0.2) is 0 Å². The van der Waals surface area contributed by atoms with Gasteiger partial charge in [0.25, 0.3) is 0 Å². The largest absolute Gasteiger partial charge is 0.370 e. The number of hydrogen-bond donors (Lipinski definition) is 1. The molecule has 0 radical (unpaired) electrons. The van der Waals surface area contributed by atoms with Crippen LogP contribution >= 0.6 is 15.9 Å². The molecule has 18 heavy (non-hydrogen) atoms. The van der Waals surface area contributed by atoms with Crippen molar-refractivity contribution in [2.75, 3.05) is 18.4 Å². The molecule has 1 N–H and O–H groups in total. The standard InChI is InChI=1S/C15H28BrNO/c16-11-5-1-2-6-12-17-13-14-7-10-15(18-14)8-3-4-9-15/h14,17H,1-13H2. The Morgan fingerprint density at radius 1 is 1.06 bits per heavy atom. The molecule has 2 rings (SSSR count). The Kier molecular flexibility index (Phi) is 6.46. The quantitative estimate of drug-likeness (QED) is 0.539. The van der Waals surface area contributed by atoms with Gasteiger partial charge in [-0.15, -0.1) is 0 Å². The van der Waals surface area contributed by atoms with Gasteiger partial charge in [-0.1, -0.05) is 41.6 Å². The SMILES string of the molecule is BrCCCCCCNCC1CCC2(CCCC2)O1. The number of unbranched alkanes of at least 4 members (excludes halogenated alkanes) is 3. The summed E-state index contributed by atoms with van der Waals surface area (Å²) in [5.41, 5.74) is 0.308. The molecule has 0 aromatic carbocycles. The van der Waals surface area contributed by atoms with Gasteiger partial charge in [-0.2, -0.15) is 0 Å². The van der Waals surface area contributed by atoms with Crippen molar-refractivity contribution < 1.29 is 4.74 Å². The summed E-state index contributed by atoms with van der Waals surface area (Å²) in [4.78, 5) is 0. The number of nitrogens with one attached hydrogen (secondary N) is 1. The van der Waals surface area contributed by atoms with Crippen LogP contribution in [0.3, 0.4) is 0 Å². The Labute approximate surface area is 120 Å². The molecule has 0 bridgehead atoms. The van der Waals surface area contributed by atoms with E-state index in [2.05, 4.69) is 21.2 Å². The molecule has 2 aliphatic rings. The zero-order valence-corrected chi connectivity index (χ0v) is 13.1. The van der Waals surface area contributed by atoms with E-state index in [1.807, 2.05) is 0 Å². The number of ether oxygens (including phenoxy) is 1. The van der Waals surface area contributed by atoms with Gasteiger partial charge in [-0.05, 0) is 45.1 Å². The van der Waals surface area contributed by atoms with Gasteiger partial charge in [0.05, 0.1) is 11.7 Å². The molecule has 106 valence electrons. The van der Waals surface area contributed by atoms with E-state index in [-0.39, 0.29) is 0 Å². The van der Waals surface area contributed by atoms with Gasteiger partial charge in [0.1, 0.15) is 0 Å². The first-order valence-corrected chi connectivity index (χ1v) is 8.91. The van der Waals surface area contributed by atoms with Crippen LogP contribution in [-0.4, -0.2) is 30.1 Å². The summed E-state index contributed by atoms with van der Waals surface area (Å²) in [5, 5.41) is 4.73. The molecule has 1 saturated carbocycles. The van der Waals surface area contributed by atoms with Crippen LogP contribution in [0.1, 0.15) is 64.2 Å². The second-order valence-corrected chi connectivity index (χ2v) is 6.77. The fraction of sp³-hybridized carbons (Fsp3) is 1.00. The highest BCUT2D eigenvalue weighted by molar-refractivity contribution is 9.09. The van der Waals surface area contributed by atoms with Gasteiger partial charge in [0, 0.05) is 11.9 Å². The van der Waals surface area contributed by atoms with Crippen LogP contribution in [0.25, 0.3) is 0 Å². The molecule has 2 nitrogen and oxygen atoms in total. The molecule has 0 aromatic rings. The first-order valence-electron chi connectivity index (χ1n) is 7.79. The summed E-state index contributed by atoms with van der Waals surface area (Å²) in [5.74, 6) is 0. The number of rotatable bonds is 8. The van der Waals surface area contributed by atoms with Crippen LogP contribution < -0.4 is 5.32 Å². The number of hydrogen-bond acceptors (Lipinski definition) is 2. The summed E-state index contributed by atoms with van der Waals surface area (Å²) in [7, 11) is 0. The lowest BCUT2D eigenvalue weighted by Gasteiger charge is -2.23. The van der Waals surface area contributed by atoms with Crippen molar-refractivity contribution in [2.45, 2.75) is 75.9 Å². The zero-order valence-electron chi connectivity index (χ0n) is 11.6. The lowest BCUT2D eigenvalue weighted by atomic mass is 9.98. The van der Waals surface area contributed by atoms with Crippen molar-refractivity contribution in [1.29, 1.82) is 0 Å². The highest BCUT2D eigenvalue weighted by Crippen LogP contribution is 2.43. The summed E-state index contributed by atoms with van der Waals surface area (Å²) < 4.78 is 6.29. The molecule has 0 amide bonds. The van der Waals surface area contributed by atoms with E-state index in [0.717, 1.165) is 18.4 Å². The summed E-state index contributed by atoms with van der Waals surface area (Å²) in [6.45, 7) is 2.23. The van der Waals surface area contributed by atoms with Crippen molar-refractivity contribution in [3.63, 3.8) is 0 Å². The third kappa shape index (κ3) is 4.50. The van der Waals surface area contributed by atoms with E-state index in [9.17, 15) is 0 Å². The maximum Gasteiger partial charge on any atom is 0.0708 e. The monoisotopic (exact) mass is 317 g/mol. The molecule has 2 fully saturated rings.